The molecule has 1 heterocycles. The fourth-order valence-corrected chi connectivity index (χ4v) is 3.49. The summed E-state index contributed by atoms with van der Waals surface area (Å²) in [6, 6.07) is 15.1. The number of fused-ring (bicyclic) bond motifs is 1. The van der Waals surface area contributed by atoms with Gasteiger partial charge in [0, 0.05) is 13.1 Å². The molecular weight excluding hydrogens is 352 g/mol. The van der Waals surface area contributed by atoms with E-state index in [4.69, 9.17) is 4.74 Å². The number of ether oxygens (including phenoxy) is 1. The summed E-state index contributed by atoms with van der Waals surface area (Å²) in [7, 11) is 0. The zero-order valence-corrected chi connectivity index (χ0v) is 16.5. The van der Waals surface area contributed by atoms with Crippen molar-refractivity contribution >= 4 is 17.9 Å². The van der Waals surface area contributed by atoms with Crippen LogP contribution in [-0.2, 0) is 9.59 Å². The third-order valence-electron chi connectivity index (χ3n) is 4.92. The molecule has 28 heavy (non-hydrogen) atoms. The van der Waals surface area contributed by atoms with E-state index in [0.717, 1.165) is 22.4 Å². The van der Waals surface area contributed by atoms with Gasteiger partial charge in [-0.2, -0.15) is 0 Å². The second kappa shape index (κ2) is 8.74. The highest BCUT2D eigenvalue weighted by Crippen LogP contribution is 2.33. The number of amides is 2. The van der Waals surface area contributed by atoms with E-state index >= 15 is 0 Å². The summed E-state index contributed by atoms with van der Waals surface area (Å²) in [4.78, 5) is 26.4. The summed E-state index contributed by atoms with van der Waals surface area (Å²) >= 11 is 0. The number of carbonyl (C=O) groups excluding carboxylic acids is 2. The van der Waals surface area contributed by atoms with Crippen LogP contribution in [0.15, 0.2) is 54.7 Å². The normalized spacial score (nSPS) is 16.2. The summed E-state index contributed by atoms with van der Waals surface area (Å²) in [5, 5.41) is 3.04. The number of carbonyl (C=O) groups is 2. The maximum Gasteiger partial charge on any atom is 0.223 e. The molecule has 0 saturated heterocycles. The summed E-state index contributed by atoms with van der Waals surface area (Å²) in [5.74, 6) is 0.637. The minimum atomic E-state index is -0.300. The molecule has 0 spiro atoms. The minimum Gasteiger partial charge on any atom is -0.494 e. The first-order chi connectivity index (χ1) is 13.5. The van der Waals surface area contributed by atoms with Crippen molar-refractivity contribution in [2.75, 3.05) is 6.61 Å². The smallest absolute Gasteiger partial charge is 0.223 e. The van der Waals surface area contributed by atoms with Gasteiger partial charge < -0.3 is 15.0 Å². The first-order valence-corrected chi connectivity index (χ1v) is 9.57. The Kier molecular flexibility index (Phi) is 6.14. The van der Waals surface area contributed by atoms with Gasteiger partial charge in [0.15, 0.2) is 0 Å². The van der Waals surface area contributed by atoms with E-state index in [2.05, 4.69) is 5.32 Å². The topological polar surface area (TPSA) is 58.6 Å². The third kappa shape index (κ3) is 4.42. The van der Waals surface area contributed by atoms with Crippen LogP contribution >= 0.6 is 0 Å². The predicted molar refractivity (Wildman–Crippen MR) is 110 cm³/mol. The van der Waals surface area contributed by atoms with Gasteiger partial charge in [-0.1, -0.05) is 36.4 Å². The van der Waals surface area contributed by atoms with Gasteiger partial charge in [0.05, 0.1) is 25.1 Å². The van der Waals surface area contributed by atoms with Gasteiger partial charge in [0.2, 0.25) is 11.8 Å². The number of hydrogen-bond donors (Lipinski definition) is 1. The van der Waals surface area contributed by atoms with Crippen LogP contribution in [0.4, 0.5) is 0 Å². The van der Waals surface area contributed by atoms with Crippen LogP contribution in [0, 0.1) is 0 Å². The van der Waals surface area contributed by atoms with Crippen molar-refractivity contribution in [1.82, 2.24) is 10.2 Å². The Morgan fingerprint density at radius 2 is 1.86 bits per heavy atom. The van der Waals surface area contributed by atoms with Crippen molar-refractivity contribution in [3.05, 3.63) is 71.4 Å². The second-order valence-corrected chi connectivity index (χ2v) is 6.88. The van der Waals surface area contributed by atoms with Gasteiger partial charge >= 0.3 is 0 Å². The van der Waals surface area contributed by atoms with Crippen LogP contribution < -0.4 is 10.1 Å². The maximum atomic E-state index is 12.7. The molecule has 2 atom stereocenters. The lowest BCUT2D eigenvalue weighted by atomic mass is 9.93. The first kappa shape index (κ1) is 19.7. The van der Waals surface area contributed by atoms with E-state index in [1.807, 2.05) is 68.5 Å². The number of benzene rings is 2. The Hall–Kier alpha value is -3.08. The van der Waals surface area contributed by atoms with Gasteiger partial charge in [-0.15, -0.1) is 0 Å². The van der Waals surface area contributed by atoms with Crippen molar-refractivity contribution in [3.63, 3.8) is 0 Å². The molecule has 2 amide bonds. The molecule has 0 fully saturated rings. The molecule has 2 aromatic rings. The van der Waals surface area contributed by atoms with E-state index < -0.39 is 0 Å². The lowest BCUT2D eigenvalue weighted by Gasteiger charge is -2.32. The second-order valence-electron chi connectivity index (χ2n) is 6.88. The molecule has 0 aliphatic carbocycles. The van der Waals surface area contributed by atoms with Gasteiger partial charge in [-0.25, -0.2) is 0 Å². The predicted octanol–water partition coefficient (Wildman–Crippen LogP) is 4.23. The molecule has 3 rings (SSSR count). The molecule has 0 aromatic heterocycles. The van der Waals surface area contributed by atoms with Crippen LogP contribution in [0.5, 0.6) is 5.75 Å². The van der Waals surface area contributed by atoms with Crippen LogP contribution in [0.3, 0.4) is 0 Å². The highest BCUT2D eigenvalue weighted by Gasteiger charge is 2.28. The van der Waals surface area contributed by atoms with E-state index in [0.29, 0.717) is 6.61 Å². The van der Waals surface area contributed by atoms with Crippen molar-refractivity contribution in [2.24, 2.45) is 0 Å². The lowest BCUT2D eigenvalue weighted by molar-refractivity contribution is -0.130. The monoisotopic (exact) mass is 378 g/mol. The quantitative estimate of drug-likeness (QED) is 0.818. The molecule has 0 saturated carbocycles. The molecule has 0 bridgehead atoms. The molecule has 1 aliphatic heterocycles. The average Bonchev–Trinajstić information content (AvgIpc) is 2.68. The molecule has 0 radical (unpaired) electrons. The molecule has 1 aliphatic rings. The number of rotatable bonds is 6. The van der Waals surface area contributed by atoms with Gasteiger partial charge in [-0.05, 0) is 48.7 Å². The number of nitrogens with zero attached hydrogens (tertiary/aromatic N) is 1. The zero-order chi connectivity index (χ0) is 20.1. The van der Waals surface area contributed by atoms with Crippen LogP contribution in [0.2, 0.25) is 0 Å². The summed E-state index contributed by atoms with van der Waals surface area (Å²) < 4.78 is 5.46. The van der Waals surface area contributed by atoms with Crippen LogP contribution in [0.25, 0.3) is 6.08 Å². The van der Waals surface area contributed by atoms with E-state index in [-0.39, 0.29) is 30.3 Å². The van der Waals surface area contributed by atoms with Gasteiger partial charge in [0.1, 0.15) is 5.75 Å². The third-order valence-corrected chi connectivity index (χ3v) is 4.92. The zero-order valence-electron chi connectivity index (χ0n) is 16.5. The van der Waals surface area contributed by atoms with Gasteiger partial charge in [0.25, 0.3) is 0 Å². The van der Waals surface area contributed by atoms with Crippen molar-refractivity contribution in [1.29, 1.82) is 0 Å². The molecular formula is C23H26N2O3. The van der Waals surface area contributed by atoms with Crippen molar-refractivity contribution in [3.8, 4) is 5.75 Å². The van der Waals surface area contributed by atoms with Gasteiger partial charge in [-0.3, -0.25) is 9.59 Å². The first-order valence-electron chi connectivity index (χ1n) is 9.57. The van der Waals surface area contributed by atoms with E-state index in [9.17, 15) is 9.59 Å². The summed E-state index contributed by atoms with van der Waals surface area (Å²) in [6.07, 6.45) is 3.88. The Balaban J connectivity index is 1.70. The number of hydrogen-bond acceptors (Lipinski definition) is 3. The van der Waals surface area contributed by atoms with Crippen LogP contribution in [-0.4, -0.2) is 23.3 Å². The highest BCUT2D eigenvalue weighted by molar-refractivity contribution is 5.82. The summed E-state index contributed by atoms with van der Waals surface area (Å²) in [6.45, 7) is 6.03. The van der Waals surface area contributed by atoms with Crippen molar-refractivity contribution < 1.29 is 14.3 Å². The Morgan fingerprint density at radius 1 is 1.14 bits per heavy atom. The Bertz CT molecular complexity index is 874. The molecule has 1 N–H and O–H groups in total. The minimum absolute atomic E-state index is 0.0804. The molecule has 5 heteroatoms. The largest absolute Gasteiger partial charge is 0.494 e. The lowest BCUT2D eigenvalue weighted by Crippen LogP contribution is -2.36. The fraction of sp³-hybridized carbons (Fsp3) is 0.304. The standard InChI is InChI=1S/C23H26N2O3/c1-4-28-20-11-9-18(10-12-20)16(2)24-23(27)15-22-21-8-6-5-7-19(21)13-14-25(22)17(3)26/h5-14,16,22H,4,15H2,1-3H3,(H,24,27). The molecule has 146 valence electrons. The van der Waals surface area contributed by atoms with Crippen molar-refractivity contribution in [2.45, 2.75) is 39.3 Å². The SMILES string of the molecule is CCOc1ccc(C(C)NC(=O)CC2c3ccccc3C=CN2C(C)=O)cc1. The number of nitrogens with one attached hydrogen (secondary N) is 1. The summed E-state index contributed by atoms with van der Waals surface area (Å²) in [5.41, 5.74) is 3.03. The fourth-order valence-electron chi connectivity index (χ4n) is 3.49. The Morgan fingerprint density at radius 3 is 2.54 bits per heavy atom. The molecule has 5 nitrogen and oxygen atoms in total. The van der Waals surface area contributed by atoms with E-state index in [1.54, 1.807) is 11.1 Å². The highest BCUT2D eigenvalue weighted by atomic mass is 16.5. The van der Waals surface area contributed by atoms with Crippen LogP contribution in [0.1, 0.15) is 56.0 Å². The average molecular weight is 378 g/mol. The molecule has 2 unspecified atom stereocenters. The molecule has 2 aromatic carbocycles. The van der Waals surface area contributed by atoms with E-state index in [1.165, 1.54) is 6.92 Å². The Labute approximate surface area is 166 Å². The maximum absolute atomic E-state index is 12.7.